The number of ether oxygens (including phenoxy) is 1. The highest BCUT2D eigenvalue weighted by Gasteiger charge is 2.02. The lowest BCUT2D eigenvalue weighted by Crippen LogP contribution is -1.95. The van der Waals surface area contributed by atoms with Gasteiger partial charge in [0.15, 0.2) is 0 Å². The maximum atomic E-state index is 5.98. The fourth-order valence-electron chi connectivity index (χ4n) is 1.58. The normalized spacial score (nSPS) is 10.9. The number of rotatable bonds is 4. The molecule has 0 radical (unpaired) electrons. The van der Waals surface area contributed by atoms with Crippen LogP contribution in [0.5, 0.6) is 5.75 Å². The van der Waals surface area contributed by atoms with Gasteiger partial charge < -0.3 is 4.74 Å². The molecule has 2 rings (SSSR count). The van der Waals surface area contributed by atoms with Gasteiger partial charge in [-0.25, -0.2) is 0 Å². The number of halogens is 2. The lowest BCUT2D eigenvalue weighted by molar-refractivity contribution is 0.340. The summed E-state index contributed by atoms with van der Waals surface area (Å²) in [5.41, 5.74) is 1.68. The molecule has 2 aromatic rings. The van der Waals surface area contributed by atoms with Gasteiger partial charge in [0.25, 0.3) is 0 Å². The zero-order valence-corrected chi connectivity index (χ0v) is 11.9. The molecule has 2 nitrogen and oxygen atoms in total. The van der Waals surface area contributed by atoms with E-state index >= 15 is 0 Å². The van der Waals surface area contributed by atoms with Crippen molar-refractivity contribution < 1.29 is 4.74 Å². The summed E-state index contributed by atoms with van der Waals surface area (Å²) in [6.07, 6.45) is 1.74. The Hall–Kier alpha value is -1.51. The number of benzene rings is 2. The molecule has 0 aromatic heterocycles. The average Bonchev–Trinajstić information content (AvgIpc) is 2.41. The predicted molar refractivity (Wildman–Crippen MR) is 81.3 cm³/mol. The van der Waals surface area contributed by atoms with Crippen LogP contribution in [-0.2, 0) is 0 Å². The summed E-state index contributed by atoms with van der Waals surface area (Å²) in [5, 5.41) is 1.35. The lowest BCUT2D eigenvalue weighted by atomic mass is 10.2. The Labute approximate surface area is 122 Å². The molecule has 0 heterocycles. The summed E-state index contributed by atoms with van der Waals surface area (Å²) in [6, 6.07) is 12.8. The minimum Gasteiger partial charge on any atom is -0.493 e. The Morgan fingerprint density at radius 3 is 2.42 bits per heavy atom. The van der Waals surface area contributed by atoms with Crippen LogP contribution in [0.1, 0.15) is 12.5 Å². The topological polar surface area (TPSA) is 21.6 Å². The van der Waals surface area contributed by atoms with Crippen molar-refractivity contribution in [2.45, 2.75) is 6.92 Å². The summed E-state index contributed by atoms with van der Waals surface area (Å²) >= 11 is 11.8. The molecular formula is C15H13Cl2NO. The molecule has 0 N–H and O–H groups in total. The molecule has 0 unspecified atom stereocenters. The van der Waals surface area contributed by atoms with Gasteiger partial charge in [0.2, 0.25) is 0 Å². The summed E-state index contributed by atoms with van der Waals surface area (Å²) in [5.74, 6) is 0.768. The van der Waals surface area contributed by atoms with Gasteiger partial charge in [-0.05, 0) is 49.4 Å². The van der Waals surface area contributed by atoms with E-state index in [9.17, 15) is 0 Å². The van der Waals surface area contributed by atoms with Crippen LogP contribution in [0.2, 0.25) is 10.0 Å². The third-order valence-corrected chi connectivity index (χ3v) is 2.94. The number of nitrogens with zero attached hydrogens (tertiary/aromatic N) is 1. The third-order valence-electron chi connectivity index (χ3n) is 2.45. The lowest BCUT2D eigenvalue weighted by Gasteiger charge is -2.06. The van der Waals surface area contributed by atoms with E-state index in [0.29, 0.717) is 16.7 Å². The molecular weight excluding hydrogens is 281 g/mol. The standard InChI is InChI=1S/C15H13Cl2NO/c1-2-19-15-8-5-13(17)9-11(15)10-18-14-6-3-12(16)4-7-14/h3-10H,2H2,1H3. The molecule has 0 amide bonds. The van der Waals surface area contributed by atoms with Gasteiger partial charge in [0.05, 0.1) is 12.3 Å². The van der Waals surface area contributed by atoms with E-state index in [4.69, 9.17) is 27.9 Å². The van der Waals surface area contributed by atoms with Crippen molar-refractivity contribution >= 4 is 35.1 Å². The molecule has 0 spiro atoms. The van der Waals surface area contributed by atoms with Crippen molar-refractivity contribution in [1.82, 2.24) is 0 Å². The monoisotopic (exact) mass is 293 g/mol. The van der Waals surface area contributed by atoms with Gasteiger partial charge in [-0.15, -0.1) is 0 Å². The predicted octanol–water partition coefficient (Wildman–Crippen LogP) is 5.14. The first-order valence-electron chi connectivity index (χ1n) is 5.91. The smallest absolute Gasteiger partial charge is 0.128 e. The zero-order valence-electron chi connectivity index (χ0n) is 10.4. The molecule has 0 fully saturated rings. The maximum Gasteiger partial charge on any atom is 0.128 e. The molecule has 98 valence electrons. The first-order valence-corrected chi connectivity index (χ1v) is 6.66. The summed E-state index contributed by atoms with van der Waals surface area (Å²) < 4.78 is 5.53. The average molecular weight is 294 g/mol. The Morgan fingerprint density at radius 2 is 1.74 bits per heavy atom. The highest BCUT2D eigenvalue weighted by atomic mass is 35.5. The molecule has 0 aliphatic heterocycles. The highest BCUT2D eigenvalue weighted by Crippen LogP contribution is 2.23. The van der Waals surface area contributed by atoms with Crippen LogP contribution in [0, 0.1) is 0 Å². The summed E-state index contributed by atoms with van der Waals surface area (Å²) in [6.45, 7) is 2.54. The third kappa shape index (κ3) is 3.98. The van der Waals surface area contributed by atoms with E-state index in [0.717, 1.165) is 17.0 Å². The fraction of sp³-hybridized carbons (Fsp3) is 0.133. The van der Waals surface area contributed by atoms with Crippen LogP contribution in [0.25, 0.3) is 0 Å². The Bertz CT molecular complexity index is 579. The second-order valence-corrected chi connectivity index (χ2v) is 4.72. The van der Waals surface area contributed by atoms with Crippen LogP contribution in [0.4, 0.5) is 5.69 Å². The van der Waals surface area contributed by atoms with Crippen molar-refractivity contribution in [2.75, 3.05) is 6.61 Å². The Balaban J connectivity index is 2.26. The zero-order chi connectivity index (χ0) is 13.7. The summed E-state index contributed by atoms with van der Waals surface area (Å²) in [7, 11) is 0. The van der Waals surface area contributed by atoms with Crippen LogP contribution < -0.4 is 4.74 Å². The number of hydrogen-bond donors (Lipinski definition) is 0. The molecule has 4 heteroatoms. The molecule has 0 aliphatic carbocycles. The van der Waals surface area contributed by atoms with Crippen LogP contribution in [0.15, 0.2) is 47.5 Å². The molecule has 19 heavy (non-hydrogen) atoms. The number of aliphatic imine (C=N–C) groups is 1. The number of hydrogen-bond acceptors (Lipinski definition) is 2. The molecule has 0 saturated carbocycles. The quantitative estimate of drug-likeness (QED) is 0.715. The first kappa shape index (κ1) is 13.9. The fourth-order valence-corrected chi connectivity index (χ4v) is 1.88. The Kier molecular flexibility index (Phi) is 4.83. The van der Waals surface area contributed by atoms with E-state index in [1.165, 1.54) is 0 Å². The van der Waals surface area contributed by atoms with Crippen molar-refractivity contribution in [1.29, 1.82) is 0 Å². The van der Waals surface area contributed by atoms with Gasteiger partial charge >= 0.3 is 0 Å². The van der Waals surface area contributed by atoms with Crippen LogP contribution in [0.3, 0.4) is 0 Å². The van der Waals surface area contributed by atoms with Crippen molar-refractivity contribution in [3.8, 4) is 5.75 Å². The van der Waals surface area contributed by atoms with Crippen LogP contribution in [-0.4, -0.2) is 12.8 Å². The minimum absolute atomic E-state index is 0.601. The van der Waals surface area contributed by atoms with Gasteiger partial charge in [-0.1, -0.05) is 23.2 Å². The van der Waals surface area contributed by atoms with Gasteiger partial charge in [0.1, 0.15) is 5.75 Å². The molecule has 0 atom stereocenters. The highest BCUT2D eigenvalue weighted by molar-refractivity contribution is 6.31. The first-order chi connectivity index (χ1) is 9.19. The van der Waals surface area contributed by atoms with E-state index in [2.05, 4.69) is 4.99 Å². The second kappa shape index (κ2) is 6.60. The minimum atomic E-state index is 0.601. The Morgan fingerprint density at radius 1 is 1.05 bits per heavy atom. The van der Waals surface area contributed by atoms with Crippen molar-refractivity contribution in [3.63, 3.8) is 0 Å². The molecule has 0 saturated heterocycles. The van der Waals surface area contributed by atoms with E-state index in [1.807, 2.05) is 31.2 Å². The van der Waals surface area contributed by atoms with Crippen LogP contribution >= 0.6 is 23.2 Å². The largest absolute Gasteiger partial charge is 0.493 e. The maximum absolute atomic E-state index is 5.98. The van der Waals surface area contributed by atoms with E-state index in [1.54, 1.807) is 24.4 Å². The SMILES string of the molecule is CCOc1ccc(Cl)cc1C=Nc1ccc(Cl)cc1. The molecule has 2 aromatic carbocycles. The van der Waals surface area contributed by atoms with Gasteiger partial charge in [-0.3, -0.25) is 4.99 Å². The van der Waals surface area contributed by atoms with Gasteiger partial charge in [-0.2, -0.15) is 0 Å². The molecule has 0 aliphatic rings. The second-order valence-electron chi connectivity index (χ2n) is 3.85. The summed E-state index contributed by atoms with van der Waals surface area (Å²) in [4.78, 5) is 4.38. The van der Waals surface area contributed by atoms with Gasteiger partial charge in [0, 0.05) is 21.8 Å². The van der Waals surface area contributed by atoms with E-state index < -0.39 is 0 Å². The van der Waals surface area contributed by atoms with E-state index in [-0.39, 0.29) is 0 Å². The van der Waals surface area contributed by atoms with Crippen molar-refractivity contribution in [2.24, 2.45) is 4.99 Å². The molecule has 0 bridgehead atoms. The van der Waals surface area contributed by atoms with Crippen molar-refractivity contribution in [3.05, 3.63) is 58.1 Å².